The summed E-state index contributed by atoms with van der Waals surface area (Å²) in [6, 6.07) is 3.56. The number of hydrogen-bond acceptors (Lipinski definition) is 6. The summed E-state index contributed by atoms with van der Waals surface area (Å²) >= 11 is 0. The van der Waals surface area contributed by atoms with Crippen LogP contribution in [0.3, 0.4) is 0 Å². The Labute approximate surface area is 123 Å². The van der Waals surface area contributed by atoms with Gasteiger partial charge in [-0.2, -0.15) is 0 Å². The number of ketones is 1. The largest absolute Gasteiger partial charge is 0.493 e. The zero-order valence-electron chi connectivity index (χ0n) is 12.7. The molecule has 6 nitrogen and oxygen atoms in total. The average Bonchev–Trinajstić information content (AvgIpc) is 2.51. The second-order valence-electron chi connectivity index (χ2n) is 4.29. The molecule has 1 rings (SSSR count). The molecule has 0 aliphatic carbocycles. The highest BCUT2D eigenvalue weighted by Crippen LogP contribution is 2.40. The lowest BCUT2D eigenvalue weighted by molar-refractivity contribution is -0.143. The van der Waals surface area contributed by atoms with Crippen LogP contribution in [0.4, 0.5) is 0 Å². The van der Waals surface area contributed by atoms with Crippen LogP contribution in [0.2, 0.25) is 0 Å². The number of carbonyl (C=O) groups is 2. The van der Waals surface area contributed by atoms with Crippen molar-refractivity contribution < 1.29 is 28.5 Å². The van der Waals surface area contributed by atoms with Crippen molar-refractivity contribution in [2.24, 2.45) is 0 Å². The topological polar surface area (TPSA) is 71.1 Å². The number of carbonyl (C=O) groups excluding carboxylic acids is 2. The molecule has 21 heavy (non-hydrogen) atoms. The number of Topliss-reactive ketones (excluding diaryl/α,β-unsaturated/α-hetero) is 1. The van der Waals surface area contributed by atoms with Crippen LogP contribution in [0.5, 0.6) is 17.2 Å². The molecule has 0 amide bonds. The molecule has 0 aliphatic heterocycles. The molecule has 0 unspecified atom stereocenters. The third-order valence-corrected chi connectivity index (χ3v) is 3.03. The number of rotatable bonds is 8. The van der Waals surface area contributed by atoms with Gasteiger partial charge in [0.15, 0.2) is 11.5 Å². The van der Waals surface area contributed by atoms with Gasteiger partial charge in [-0.1, -0.05) is 6.07 Å². The molecule has 0 radical (unpaired) electrons. The van der Waals surface area contributed by atoms with Gasteiger partial charge in [-0.3, -0.25) is 9.59 Å². The van der Waals surface area contributed by atoms with Crippen LogP contribution in [0.25, 0.3) is 0 Å². The zero-order chi connectivity index (χ0) is 15.8. The molecule has 1 aromatic carbocycles. The first-order chi connectivity index (χ1) is 10.1. The molecule has 0 aromatic heterocycles. The van der Waals surface area contributed by atoms with Crippen LogP contribution >= 0.6 is 0 Å². The molecule has 0 fully saturated rings. The van der Waals surface area contributed by atoms with Crippen LogP contribution in [-0.4, -0.2) is 40.2 Å². The first-order valence-electron chi connectivity index (χ1n) is 6.43. The summed E-state index contributed by atoms with van der Waals surface area (Å²) in [5.41, 5.74) is 0.813. The number of esters is 1. The molecular formula is C15H20O6. The number of aryl methyl sites for hydroxylation is 1. The predicted octanol–water partition coefficient (Wildman–Crippen LogP) is 1.78. The number of ether oxygens (including phenoxy) is 4. The Bertz CT molecular complexity index is 509. The minimum Gasteiger partial charge on any atom is -0.493 e. The van der Waals surface area contributed by atoms with E-state index in [0.29, 0.717) is 23.7 Å². The van der Waals surface area contributed by atoms with Gasteiger partial charge in [-0.05, 0) is 18.1 Å². The van der Waals surface area contributed by atoms with Gasteiger partial charge in [0.2, 0.25) is 5.75 Å². The van der Waals surface area contributed by atoms with Gasteiger partial charge in [0.1, 0.15) is 12.2 Å². The van der Waals surface area contributed by atoms with E-state index in [2.05, 4.69) is 4.74 Å². The minimum absolute atomic E-state index is 0.182. The maximum absolute atomic E-state index is 11.7. The molecule has 0 aliphatic rings. The summed E-state index contributed by atoms with van der Waals surface area (Å²) in [6.45, 7) is 0. The van der Waals surface area contributed by atoms with Gasteiger partial charge in [0, 0.05) is 6.42 Å². The van der Waals surface area contributed by atoms with Crippen molar-refractivity contribution in [3.63, 3.8) is 0 Å². The van der Waals surface area contributed by atoms with E-state index in [1.54, 1.807) is 6.07 Å². The van der Waals surface area contributed by atoms with Crippen LogP contribution in [-0.2, 0) is 20.7 Å². The molecule has 116 valence electrons. The second-order valence-corrected chi connectivity index (χ2v) is 4.29. The zero-order valence-corrected chi connectivity index (χ0v) is 12.7. The van der Waals surface area contributed by atoms with Crippen LogP contribution in [0.1, 0.15) is 18.4 Å². The van der Waals surface area contributed by atoms with Crippen LogP contribution in [0, 0.1) is 0 Å². The van der Waals surface area contributed by atoms with Gasteiger partial charge in [0.05, 0.1) is 28.4 Å². The molecule has 0 bridgehead atoms. The highest BCUT2D eigenvalue weighted by molar-refractivity contribution is 5.95. The summed E-state index contributed by atoms with van der Waals surface area (Å²) in [5.74, 6) is 0.859. The van der Waals surface area contributed by atoms with Gasteiger partial charge < -0.3 is 18.9 Å². The number of benzene rings is 1. The standard InChI is InChI=1S/C15H20O6/c1-18-12-8-6-10(14(20-3)15(12)21-4)5-7-11(16)9-13(17)19-2/h6,8H,5,7,9H2,1-4H3. The average molecular weight is 296 g/mol. The molecule has 0 N–H and O–H groups in total. The Morgan fingerprint density at radius 1 is 0.952 bits per heavy atom. The molecule has 0 spiro atoms. The fraction of sp³-hybridized carbons (Fsp3) is 0.467. The van der Waals surface area contributed by atoms with E-state index in [0.717, 1.165) is 5.56 Å². The van der Waals surface area contributed by atoms with E-state index in [9.17, 15) is 9.59 Å². The molecule has 1 aromatic rings. The summed E-state index contributed by atoms with van der Waals surface area (Å²) < 4.78 is 20.3. The smallest absolute Gasteiger partial charge is 0.313 e. The van der Waals surface area contributed by atoms with E-state index in [1.807, 2.05) is 6.07 Å². The number of hydrogen-bond donors (Lipinski definition) is 0. The van der Waals surface area contributed by atoms with Gasteiger partial charge in [-0.25, -0.2) is 0 Å². The Morgan fingerprint density at radius 3 is 2.14 bits per heavy atom. The third-order valence-electron chi connectivity index (χ3n) is 3.03. The van der Waals surface area contributed by atoms with E-state index in [-0.39, 0.29) is 18.6 Å². The summed E-state index contributed by atoms with van der Waals surface area (Å²) in [4.78, 5) is 22.7. The predicted molar refractivity (Wildman–Crippen MR) is 76.1 cm³/mol. The minimum atomic E-state index is -0.528. The molecule has 0 saturated heterocycles. The highest BCUT2D eigenvalue weighted by Gasteiger charge is 2.17. The Balaban J connectivity index is 2.84. The van der Waals surface area contributed by atoms with E-state index in [4.69, 9.17) is 14.2 Å². The fourth-order valence-corrected chi connectivity index (χ4v) is 1.96. The molecule has 0 atom stereocenters. The van der Waals surface area contributed by atoms with Gasteiger partial charge >= 0.3 is 5.97 Å². The van der Waals surface area contributed by atoms with Crippen molar-refractivity contribution in [1.82, 2.24) is 0 Å². The molecule has 0 saturated carbocycles. The summed E-state index contributed by atoms with van der Waals surface area (Å²) in [7, 11) is 5.84. The summed E-state index contributed by atoms with van der Waals surface area (Å²) in [6.07, 6.45) is 0.451. The highest BCUT2D eigenvalue weighted by atomic mass is 16.5. The second kappa shape index (κ2) is 8.14. The Morgan fingerprint density at radius 2 is 1.62 bits per heavy atom. The third kappa shape index (κ3) is 4.37. The maximum Gasteiger partial charge on any atom is 0.313 e. The van der Waals surface area contributed by atoms with Gasteiger partial charge in [-0.15, -0.1) is 0 Å². The molecular weight excluding hydrogens is 276 g/mol. The maximum atomic E-state index is 11.7. The first-order valence-corrected chi connectivity index (χ1v) is 6.43. The SMILES string of the molecule is COC(=O)CC(=O)CCc1ccc(OC)c(OC)c1OC. The van der Waals surface area contributed by atoms with Crippen LogP contribution < -0.4 is 14.2 Å². The number of methoxy groups -OCH3 is 4. The van der Waals surface area contributed by atoms with Crippen molar-refractivity contribution in [2.45, 2.75) is 19.3 Å². The van der Waals surface area contributed by atoms with Crippen LogP contribution in [0.15, 0.2) is 12.1 Å². The lowest BCUT2D eigenvalue weighted by Gasteiger charge is -2.15. The molecule has 0 heterocycles. The van der Waals surface area contributed by atoms with Gasteiger partial charge in [0.25, 0.3) is 0 Å². The lowest BCUT2D eigenvalue weighted by atomic mass is 10.0. The van der Waals surface area contributed by atoms with Crippen molar-refractivity contribution in [3.8, 4) is 17.2 Å². The Hall–Kier alpha value is -2.24. The first kappa shape index (κ1) is 16.8. The quantitative estimate of drug-likeness (QED) is 0.538. The van der Waals surface area contributed by atoms with Crippen molar-refractivity contribution in [1.29, 1.82) is 0 Å². The lowest BCUT2D eigenvalue weighted by Crippen LogP contribution is -2.10. The normalized spacial score (nSPS) is 9.90. The van der Waals surface area contributed by atoms with E-state index >= 15 is 0 Å². The van der Waals surface area contributed by atoms with E-state index < -0.39 is 5.97 Å². The van der Waals surface area contributed by atoms with Crippen molar-refractivity contribution in [3.05, 3.63) is 17.7 Å². The fourth-order valence-electron chi connectivity index (χ4n) is 1.96. The monoisotopic (exact) mass is 296 g/mol. The molecule has 6 heteroatoms. The van der Waals surface area contributed by atoms with E-state index in [1.165, 1.54) is 28.4 Å². The summed E-state index contributed by atoms with van der Waals surface area (Å²) in [5, 5.41) is 0. The van der Waals surface area contributed by atoms with Crippen molar-refractivity contribution >= 4 is 11.8 Å². The Kier molecular flexibility index (Phi) is 6.52. The van der Waals surface area contributed by atoms with Crippen molar-refractivity contribution in [2.75, 3.05) is 28.4 Å².